The number of esters is 1. The standard InChI is InChI=1S/C15H19NO3/c1-3-19-15(18)10(2)16-14(17)13-8-11-6-4-5-7-12(11)9-13/h4-7,10,13H,3,8-9H2,1-2H3,(H,16,17). The first-order valence-corrected chi connectivity index (χ1v) is 6.65. The fraction of sp³-hybridized carbons (Fsp3) is 0.467. The molecule has 1 unspecified atom stereocenters. The van der Waals surface area contributed by atoms with E-state index in [-0.39, 0.29) is 17.8 Å². The molecule has 0 aromatic heterocycles. The van der Waals surface area contributed by atoms with Crippen LogP contribution in [0.25, 0.3) is 0 Å². The highest BCUT2D eigenvalue weighted by molar-refractivity contribution is 5.86. The van der Waals surface area contributed by atoms with Crippen molar-refractivity contribution in [1.82, 2.24) is 5.32 Å². The molecular weight excluding hydrogens is 242 g/mol. The Labute approximate surface area is 113 Å². The van der Waals surface area contributed by atoms with Gasteiger partial charge in [-0.1, -0.05) is 24.3 Å². The van der Waals surface area contributed by atoms with E-state index < -0.39 is 6.04 Å². The third-order valence-electron chi connectivity index (χ3n) is 3.42. The molecule has 0 heterocycles. The van der Waals surface area contributed by atoms with Gasteiger partial charge in [0.15, 0.2) is 0 Å². The molecule has 19 heavy (non-hydrogen) atoms. The van der Waals surface area contributed by atoms with Gasteiger partial charge in [-0.3, -0.25) is 4.79 Å². The number of carbonyl (C=O) groups excluding carboxylic acids is 2. The number of benzene rings is 1. The van der Waals surface area contributed by atoms with Gasteiger partial charge in [-0.25, -0.2) is 4.79 Å². The van der Waals surface area contributed by atoms with E-state index in [1.54, 1.807) is 13.8 Å². The summed E-state index contributed by atoms with van der Waals surface area (Å²) < 4.78 is 4.88. The molecular formula is C15H19NO3. The molecule has 2 rings (SSSR count). The summed E-state index contributed by atoms with van der Waals surface area (Å²) in [5, 5.41) is 2.73. The second-order valence-corrected chi connectivity index (χ2v) is 4.86. The second-order valence-electron chi connectivity index (χ2n) is 4.86. The van der Waals surface area contributed by atoms with Crippen molar-refractivity contribution in [2.24, 2.45) is 5.92 Å². The van der Waals surface area contributed by atoms with Crippen LogP contribution in [-0.4, -0.2) is 24.5 Å². The lowest BCUT2D eigenvalue weighted by molar-refractivity contribution is -0.147. The van der Waals surface area contributed by atoms with Crippen LogP contribution < -0.4 is 5.32 Å². The maximum absolute atomic E-state index is 12.1. The Hall–Kier alpha value is -1.84. The molecule has 0 spiro atoms. The molecule has 0 saturated carbocycles. The summed E-state index contributed by atoms with van der Waals surface area (Å²) in [6, 6.07) is 7.49. The summed E-state index contributed by atoms with van der Waals surface area (Å²) >= 11 is 0. The van der Waals surface area contributed by atoms with E-state index in [0.717, 1.165) is 12.8 Å². The molecule has 1 atom stereocenters. The van der Waals surface area contributed by atoms with Crippen molar-refractivity contribution in [2.75, 3.05) is 6.61 Å². The van der Waals surface area contributed by atoms with Gasteiger partial charge in [0.25, 0.3) is 0 Å². The SMILES string of the molecule is CCOC(=O)C(C)NC(=O)C1Cc2ccccc2C1. The van der Waals surface area contributed by atoms with E-state index in [4.69, 9.17) is 4.74 Å². The van der Waals surface area contributed by atoms with E-state index in [1.165, 1.54) is 11.1 Å². The zero-order valence-electron chi connectivity index (χ0n) is 11.3. The van der Waals surface area contributed by atoms with Crippen molar-refractivity contribution in [2.45, 2.75) is 32.7 Å². The van der Waals surface area contributed by atoms with Gasteiger partial charge >= 0.3 is 5.97 Å². The molecule has 0 saturated heterocycles. The first-order chi connectivity index (χ1) is 9.11. The molecule has 1 aromatic carbocycles. The zero-order valence-corrected chi connectivity index (χ0v) is 11.3. The van der Waals surface area contributed by atoms with Crippen molar-refractivity contribution in [3.8, 4) is 0 Å². The fourth-order valence-corrected chi connectivity index (χ4v) is 2.40. The van der Waals surface area contributed by atoms with Crippen LogP contribution in [0.5, 0.6) is 0 Å². The third-order valence-corrected chi connectivity index (χ3v) is 3.42. The van der Waals surface area contributed by atoms with Crippen molar-refractivity contribution in [3.63, 3.8) is 0 Å². The molecule has 4 heteroatoms. The number of nitrogens with one attached hydrogen (secondary N) is 1. The molecule has 102 valence electrons. The van der Waals surface area contributed by atoms with Crippen LogP contribution in [0, 0.1) is 5.92 Å². The average molecular weight is 261 g/mol. The Kier molecular flexibility index (Phi) is 4.20. The van der Waals surface area contributed by atoms with Gasteiger partial charge in [0.1, 0.15) is 6.04 Å². The summed E-state index contributed by atoms with van der Waals surface area (Å²) in [6.45, 7) is 3.73. The normalized spacial score (nSPS) is 15.7. The number of fused-ring (bicyclic) bond motifs is 1. The summed E-state index contributed by atoms with van der Waals surface area (Å²) in [6.07, 6.45) is 1.50. The lowest BCUT2D eigenvalue weighted by atomic mass is 10.1. The Bertz CT molecular complexity index is 459. The van der Waals surface area contributed by atoms with Gasteiger partial charge in [0, 0.05) is 5.92 Å². The molecule has 1 aliphatic rings. The smallest absolute Gasteiger partial charge is 0.328 e. The number of carbonyl (C=O) groups is 2. The lowest BCUT2D eigenvalue weighted by Crippen LogP contribution is -2.42. The predicted octanol–water partition coefficient (Wildman–Crippen LogP) is 1.47. The van der Waals surface area contributed by atoms with Crippen LogP contribution in [0.1, 0.15) is 25.0 Å². The Morgan fingerprint density at radius 3 is 2.42 bits per heavy atom. The Morgan fingerprint density at radius 2 is 1.89 bits per heavy atom. The fourth-order valence-electron chi connectivity index (χ4n) is 2.40. The molecule has 4 nitrogen and oxygen atoms in total. The van der Waals surface area contributed by atoms with E-state index in [0.29, 0.717) is 6.61 Å². The maximum Gasteiger partial charge on any atom is 0.328 e. The zero-order chi connectivity index (χ0) is 13.8. The minimum atomic E-state index is -0.587. The number of hydrogen-bond acceptors (Lipinski definition) is 3. The molecule has 0 bridgehead atoms. The van der Waals surface area contributed by atoms with Gasteiger partial charge in [0.05, 0.1) is 6.61 Å². The Morgan fingerprint density at radius 1 is 1.32 bits per heavy atom. The quantitative estimate of drug-likeness (QED) is 0.835. The van der Waals surface area contributed by atoms with Crippen LogP contribution in [-0.2, 0) is 27.2 Å². The number of ether oxygens (including phenoxy) is 1. The van der Waals surface area contributed by atoms with E-state index in [1.807, 2.05) is 12.1 Å². The molecule has 1 amide bonds. The number of rotatable bonds is 4. The van der Waals surface area contributed by atoms with Crippen LogP contribution >= 0.6 is 0 Å². The molecule has 0 fully saturated rings. The first-order valence-electron chi connectivity index (χ1n) is 6.65. The minimum absolute atomic E-state index is 0.0725. The van der Waals surface area contributed by atoms with Crippen molar-refractivity contribution < 1.29 is 14.3 Å². The summed E-state index contributed by atoms with van der Waals surface area (Å²) in [5.74, 6) is -0.530. The summed E-state index contributed by atoms with van der Waals surface area (Å²) in [4.78, 5) is 23.6. The van der Waals surface area contributed by atoms with E-state index in [2.05, 4.69) is 17.4 Å². The molecule has 1 aromatic rings. The van der Waals surface area contributed by atoms with Gasteiger partial charge in [0.2, 0.25) is 5.91 Å². The van der Waals surface area contributed by atoms with Gasteiger partial charge in [-0.15, -0.1) is 0 Å². The monoisotopic (exact) mass is 261 g/mol. The molecule has 1 aliphatic carbocycles. The summed E-state index contributed by atoms with van der Waals surface area (Å²) in [5.41, 5.74) is 2.46. The Balaban J connectivity index is 1.91. The first kappa shape index (κ1) is 13.6. The largest absolute Gasteiger partial charge is 0.464 e. The minimum Gasteiger partial charge on any atom is -0.464 e. The van der Waals surface area contributed by atoms with Crippen LogP contribution in [0.2, 0.25) is 0 Å². The topological polar surface area (TPSA) is 55.4 Å². The van der Waals surface area contributed by atoms with E-state index in [9.17, 15) is 9.59 Å². The lowest BCUT2D eigenvalue weighted by Gasteiger charge is -2.15. The molecule has 0 radical (unpaired) electrons. The van der Waals surface area contributed by atoms with Crippen molar-refractivity contribution >= 4 is 11.9 Å². The molecule has 0 aliphatic heterocycles. The third kappa shape index (κ3) is 3.13. The van der Waals surface area contributed by atoms with E-state index >= 15 is 0 Å². The average Bonchev–Trinajstić information content (AvgIpc) is 2.82. The highest BCUT2D eigenvalue weighted by Crippen LogP contribution is 2.26. The van der Waals surface area contributed by atoms with Crippen LogP contribution in [0.15, 0.2) is 24.3 Å². The highest BCUT2D eigenvalue weighted by atomic mass is 16.5. The van der Waals surface area contributed by atoms with Crippen molar-refractivity contribution in [3.05, 3.63) is 35.4 Å². The van der Waals surface area contributed by atoms with Gasteiger partial charge in [-0.2, -0.15) is 0 Å². The second kappa shape index (κ2) is 5.87. The molecule has 1 N–H and O–H groups in total. The van der Waals surface area contributed by atoms with Gasteiger partial charge in [-0.05, 0) is 37.8 Å². The summed E-state index contributed by atoms with van der Waals surface area (Å²) in [7, 11) is 0. The number of amides is 1. The van der Waals surface area contributed by atoms with Crippen LogP contribution in [0.3, 0.4) is 0 Å². The van der Waals surface area contributed by atoms with Crippen LogP contribution in [0.4, 0.5) is 0 Å². The van der Waals surface area contributed by atoms with Crippen molar-refractivity contribution in [1.29, 1.82) is 0 Å². The maximum atomic E-state index is 12.1. The van der Waals surface area contributed by atoms with Gasteiger partial charge < -0.3 is 10.1 Å². The highest BCUT2D eigenvalue weighted by Gasteiger charge is 2.29. The number of hydrogen-bond donors (Lipinski definition) is 1. The predicted molar refractivity (Wildman–Crippen MR) is 71.6 cm³/mol.